The highest BCUT2D eigenvalue weighted by molar-refractivity contribution is 7.92. The quantitative estimate of drug-likeness (QED) is 0.333. The van der Waals surface area contributed by atoms with Crippen LogP contribution in [0.25, 0.3) is 0 Å². The number of carboxylic acid groups (broad SMARTS) is 1. The van der Waals surface area contributed by atoms with E-state index >= 15 is 0 Å². The van der Waals surface area contributed by atoms with Gasteiger partial charge in [0.2, 0.25) is 0 Å². The summed E-state index contributed by atoms with van der Waals surface area (Å²) in [5, 5.41) is 9.27. The summed E-state index contributed by atoms with van der Waals surface area (Å²) < 4.78 is 66.1. The van der Waals surface area contributed by atoms with Gasteiger partial charge in [0.15, 0.2) is 0 Å². The Hall–Kier alpha value is -3.33. The van der Waals surface area contributed by atoms with Gasteiger partial charge in [-0.05, 0) is 73.2 Å². The van der Waals surface area contributed by atoms with Crippen LogP contribution < -0.4 is 4.72 Å². The maximum absolute atomic E-state index is 12.7. The molecular formula is C25H24F3NO4S. The Kier molecular flexibility index (Phi) is 7.98. The first-order chi connectivity index (χ1) is 16.1. The molecule has 0 saturated carbocycles. The van der Waals surface area contributed by atoms with Crippen molar-refractivity contribution in [2.24, 2.45) is 0 Å². The average molecular weight is 492 g/mol. The van der Waals surface area contributed by atoms with Crippen LogP contribution in [0, 0.1) is 0 Å². The standard InChI is InChI=1S/C25H24F3NO4S/c26-25(27,28)20-14-16-21(17-15-20)34(32,33)29-23-13-7-5-11-19(23)10-3-1-2-8-18-9-4-6-12-22(18)24(30)31/h4-7,9,11-17,29H,1-3,8,10H2,(H,30,31). The molecule has 0 radical (unpaired) electrons. The van der Waals surface area contributed by atoms with Gasteiger partial charge in [0, 0.05) is 0 Å². The third-order valence-corrected chi connectivity index (χ3v) is 6.78. The van der Waals surface area contributed by atoms with Gasteiger partial charge in [0.05, 0.1) is 21.7 Å². The van der Waals surface area contributed by atoms with Crippen LogP contribution in [-0.2, 0) is 29.0 Å². The van der Waals surface area contributed by atoms with E-state index in [1.54, 1.807) is 48.5 Å². The maximum atomic E-state index is 12.7. The molecular weight excluding hydrogens is 467 g/mol. The zero-order chi connectivity index (χ0) is 24.8. The molecule has 0 aliphatic rings. The Bertz CT molecular complexity index is 1240. The van der Waals surface area contributed by atoms with Gasteiger partial charge in [0.1, 0.15) is 0 Å². The fraction of sp³-hybridized carbons (Fsp3) is 0.240. The number of nitrogens with one attached hydrogen (secondary N) is 1. The molecule has 34 heavy (non-hydrogen) atoms. The number of hydrogen-bond donors (Lipinski definition) is 2. The van der Waals surface area contributed by atoms with E-state index in [2.05, 4.69) is 4.72 Å². The van der Waals surface area contributed by atoms with Crippen molar-refractivity contribution >= 4 is 21.7 Å². The minimum Gasteiger partial charge on any atom is -0.478 e. The number of carboxylic acids is 1. The SMILES string of the molecule is O=C(O)c1ccccc1CCCCCc1ccccc1NS(=O)(=O)c1ccc(C(F)(F)F)cc1. The Labute approximate surface area is 196 Å². The molecule has 0 aliphatic carbocycles. The predicted molar refractivity (Wildman–Crippen MR) is 123 cm³/mol. The first kappa shape index (κ1) is 25.3. The Morgan fingerprint density at radius 3 is 1.97 bits per heavy atom. The van der Waals surface area contributed by atoms with Crippen molar-refractivity contribution in [1.29, 1.82) is 0 Å². The van der Waals surface area contributed by atoms with Crippen LogP contribution in [0.4, 0.5) is 18.9 Å². The number of unbranched alkanes of at least 4 members (excludes halogenated alkanes) is 2. The molecule has 2 N–H and O–H groups in total. The fourth-order valence-corrected chi connectivity index (χ4v) is 4.72. The molecule has 0 amide bonds. The number of aryl methyl sites for hydroxylation is 2. The van der Waals surface area contributed by atoms with Crippen LogP contribution >= 0.6 is 0 Å². The summed E-state index contributed by atoms with van der Waals surface area (Å²) >= 11 is 0. The highest BCUT2D eigenvalue weighted by Crippen LogP contribution is 2.30. The number of alkyl halides is 3. The Morgan fingerprint density at radius 2 is 1.35 bits per heavy atom. The van der Waals surface area contributed by atoms with Crippen molar-refractivity contribution in [1.82, 2.24) is 0 Å². The molecule has 0 heterocycles. The summed E-state index contributed by atoms with van der Waals surface area (Å²) in [5.41, 5.74) is 1.30. The smallest absolute Gasteiger partial charge is 0.416 e. The van der Waals surface area contributed by atoms with E-state index in [1.165, 1.54) is 0 Å². The second kappa shape index (κ2) is 10.7. The Morgan fingerprint density at radius 1 is 0.794 bits per heavy atom. The molecule has 0 atom stereocenters. The summed E-state index contributed by atoms with van der Waals surface area (Å²) in [7, 11) is -4.06. The van der Waals surface area contributed by atoms with E-state index in [0.717, 1.165) is 54.7 Å². The van der Waals surface area contributed by atoms with Crippen molar-refractivity contribution < 1.29 is 31.5 Å². The predicted octanol–water partition coefficient (Wildman–Crippen LogP) is 6.16. The summed E-state index contributed by atoms with van der Waals surface area (Å²) in [5.74, 6) is -0.954. The highest BCUT2D eigenvalue weighted by atomic mass is 32.2. The molecule has 5 nitrogen and oxygen atoms in total. The first-order valence-corrected chi connectivity index (χ1v) is 12.2. The minimum atomic E-state index is -4.54. The van der Waals surface area contributed by atoms with Crippen LogP contribution in [0.1, 0.15) is 46.3 Å². The number of anilines is 1. The van der Waals surface area contributed by atoms with Crippen LogP contribution in [0.5, 0.6) is 0 Å². The lowest BCUT2D eigenvalue weighted by atomic mass is 9.99. The lowest BCUT2D eigenvalue weighted by Gasteiger charge is -2.13. The summed E-state index contributed by atoms with van der Waals surface area (Å²) in [6.07, 6.45) is -0.971. The summed E-state index contributed by atoms with van der Waals surface area (Å²) in [4.78, 5) is 11.0. The van der Waals surface area contributed by atoms with E-state index in [-0.39, 0.29) is 4.90 Å². The largest absolute Gasteiger partial charge is 0.478 e. The van der Waals surface area contributed by atoms with Gasteiger partial charge in [-0.3, -0.25) is 4.72 Å². The second-order valence-corrected chi connectivity index (χ2v) is 9.49. The topological polar surface area (TPSA) is 83.5 Å². The zero-order valence-corrected chi connectivity index (χ0v) is 19.0. The number of halogens is 3. The van der Waals surface area contributed by atoms with Gasteiger partial charge >= 0.3 is 12.1 Å². The van der Waals surface area contributed by atoms with Crippen LogP contribution in [0.3, 0.4) is 0 Å². The summed E-state index contributed by atoms with van der Waals surface area (Å²) in [6.45, 7) is 0. The van der Waals surface area contributed by atoms with Crippen molar-refractivity contribution in [2.45, 2.75) is 43.2 Å². The number of aromatic carboxylic acids is 1. The molecule has 9 heteroatoms. The monoisotopic (exact) mass is 491 g/mol. The molecule has 0 aliphatic heterocycles. The van der Waals surface area contributed by atoms with Crippen LogP contribution in [0.15, 0.2) is 77.7 Å². The minimum absolute atomic E-state index is 0.257. The zero-order valence-electron chi connectivity index (χ0n) is 18.2. The van der Waals surface area contributed by atoms with E-state index in [4.69, 9.17) is 0 Å². The number of hydrogen-bond acceptors (Lipinski definition) is 3. The fourth-order valence-electron chi connectivity index (χ4n) is 3.62. The molecule has 0 fully saturated rings. The van der Waals surface area contributed by atoms with Crippen LogP contribution in [-0.4, -0.2) is 19.5 Å². The molecule has 0 aromatic heterocycles. The van der Waals surface area contributed by atoms with Gasteiger partial charge in [-0.25, -0.2) is 13.2 Å². The molecule has 0 unspecified atom stereocenters. The van der Waals surface area contributed by atoms with E-state index in [0.29, 0.717) is 24.1 Å². The molecule has 180 valence electrons. The molecule has 3 rings (SSSR count). The van der Waals surface area contributed by atoms with Gasteiger partial charge in [-0.1, -0.05) is 42.8 Å². The number of para-hydroxylation sites is 1. The van der Waals surface area contributed by atoms with E-state index in [9.17, 15) is 31.5 Å². The third-order valence-electron chi connectivity index (χ3n) is 5.39. The van der Waals surface area contributed by atoms with E-state index < -0.39 is 27.7 Å². The molecule has 3 aromatic carbocycles. The van der Waals surface area contributed by atoms with Gasteiger partial charge in [-0.15, -0.1) is 0 Å². The van der Waals surface area contributed by atoms with Crippen molar-refractivity contribution in [3.8, 4) is 0 Å². The van der Waals surface area contributed by atoms with Gasteiger partial charge in [-0.2, -0.15) is 13.2 Å². The molecule has 0 saturated heterocycles. The van der Waals surface area contributed by atoms with E-state index in [1.807, 2.05) is 0 Å². The number of rotatable bonds is 10. The molecule has 3 aromatic rings. The number of carbonyl (C=O) groups is 1. The average Bonchev–Trinajstić information content (AvgIpc) is 2.79. The molecule has 0 spiro atoms. The lowest BCUT2D eigenvalue weighted by molar-refractivity contribution is -0.137. The highest BCUT2D eigenvalue weighted by Gasteiger charge is 2.30. The number of benzene rings is 3. The second-order valence-electron chi connectivity index (χ2n) is 7.81. The van der Waals surface area contributed by atoms with Crippen molar-refractivity contribution in [2.75, 3.05) is 4.72 Å². The van der Waals surface area contributed by atoms with Crippen molar-refractivity contribution in [3.63, 3.8) is 0 Å². The van der Waals surface area contributed by atoms with Gasteiger partial charge < -0.3 is 5.11 Å². The third kappa shape index (κ3) is 6.60. The van der Waals surface area contributed by atoms with Crippen LogP contribution in [0.2, 0.25) is 0 Å². The van der Waals surface area contributed by atoms with Gasteiger partial charge in [0.25, 0.3) is 10.0 Å². The summed E-state index contributed by atoms with van der Waals surface area (Å²) in [6, 6.07) is 17.1. The lowest BCUT2D eigenvalue weighted by Crippen LogP contribution is -2.15. The van der Waals surface area contributed by atoms with Crippen molar-refractivity contribution in [3.05, 3.63) is 95.1 Å². The maximum Gasteiger partial charge on any atom is 0.416 e. The molecule has 0 bridgehead atoms. The normalized spacial score (nSPS) is 11.9. The number of sulfonamides is 1. The Balaban J connectivity index is 1.60. The first-order valence-electron chi connectivity index (χ1n) is 10.7.